The van der Waals surface area contributed by atoms with Crippen LogP contribution >= 0.6 is 11.3 Å². The molecule has 114 valence electrons. The molecule has 0 saturated carbocycles. The minimum absolute atomic E-state index is 0.0473. The van der Waals surface area contributed by atoms with E-state index in [-0.39, 0.29) is 24.3 Å². The zero-order valence-electron chi connectivity index (χ0n) is 11.9. The maximum Gasteiger partial charge on any atom is 0.269 e. The quantitative estimate of drug-likeness (QED) is 0.869. The number of amides is 2. The zero-order valence-corrected chi connectivity index (χ0v) is 12.7. The number of halogens is 1. The summed E-state index contributed by atoms with van der Waals surface area (Å²) in [7, 11) is 0. The molecule has 22 heavy (non-hydrogen) atoms. The Morgan fingerprint density at radius 1 is 1.27 bits per heavy atom. The maximum absolute atomic E-state index is 13.1. The van der Waals surface area contributed by atoms with E-state index in [2.05, 4.69) is 0 Å². The van der Waals surface area contributed by atoms with Gasteiger partial charge in [-0.1, -0.05) is 6.07 Å². The number of carbonyl (C=O) groups is 2. The second-order valence-electron chi connectivity index (χ2n) is 5.09. The molecule has 0 aliphatic carbocycles. The lowest BCUT2D eigenvalue weighted by Gasteiger charge is -2.27. The molecule has 0 unspecified atom stereocenters. The third-order valence-corrected chi connectivity index (χ3v) is 4.46. The fourth-order valence-electron chi connectivity index (χ4n) is 2.44. The Morgan fingerprint density at radius 2 is 2.05 bits per heavy atom. The lowest BCUT2D eigenvalue weighted by Crippen LogP contribution is -2.42. The van der Waals surface area contributed by atoms with Crippen LogP contribution in [0.3, 0.4) is 0 Å². The Kier molecular flexibility index (Phi) is 4.20. The average Bonchev–Trinajstić information content (AvgIpc) is 3.17. The first kappa shape index (κ1) is 14.7. The highest BCUT2D eigenvalue weighted by atomic mass is 32.1. The summed E-state index contributed by atoms with van der Waals surface area (Å²) in [6, 6.07) is 9.30. The number of hydrogen-bond donors (Lipinski definition) is 0. The molecule has 0 bridgehead atoms. The minimum atomic E-state index is -0.357. The predicted octanol–water partition coefficient (Wildman–Crippen LogP) is 3.11. The van der Waals surface area contributed by atoms with Crippen molar-refractivity contribution in [3.63, 3.8) is 0 Å². The Hall–Kier alpha value is -2.21. The largest absolute Gasteiger partial charge is 0.324 e. The molecule has 3 rings (SSSR count). The normalized spacial score (nSPS) is 14.4. The van der Waals surface area contributed by atoms with Crippen LogP contribution in [0.5, 0.6) is 0 Å². The van der Waals surface area contributed by atoms with Gasteiger partial charge >= 0.3 is 0 Å². The number of benzene rings is 1. The molecule has 4 nitrogen and oxygen atoms in total. The number of anilines is 1. The van der Waals surface area contributed by atoms with Gasteiger partial charge in [0, 0.05) is 18.7 Å². The van der Waals surface area contributed by atoms with Crippen LogP contribution in [-0.2, 0) is 4.79 Å². The van der Waals surface area contributed by atoms with E-state index < -0.39 is 0 Å². The highest BCUT2D eigenvalue weighted by molar-refractivity contribution is 7.12. The third-order valence-electron chi connectivity index (χ3n) is 3.60. The van der Waals surface area contributed by atoms with Crippen LogP contribution in [0.4, 0.5) is 10.1 Å². The van der Waals surface area contributed by atoms with E-state index in [1.807, 2.05) is 11.4 Å². The summed E-state index contributed by atoms with van der Waals surface area (Å²) in [5, 5.41) is 1.83. The van der Waals surface area contributed by atoms with Crippen molar-refractivity contribution in [2.24, 2.45) is 0 Å². The van der Waals surface area contributed by atoms with Crippen LogP contribution < -0.4 is 4.90 Å². The van der Waals surface area contributed by atoms with Gasteiger partial charge in [0.2, 0.25) is 5.91 Å². The predicted molar refractivity (Wildman–Crippen MR) is 83.3 cm³/mol. The van der Waals surface area contributed by atoms with Gasteiger partial charge < -0.3 is 4.90 Å². The highest BCUT2D eigenvalue weighted by Crippen LogP contribution is 2.22. The van der Waals surface area contributed by atoms with Gasteiger partial charge in [-0.15, -0.1) is 11.3 Å². The van der Waals surface area contributed by atoms with Crippen LogP contribution in [0.2, 0.25) is 0 Å². The van der Waals surface area contributed by atoms with Gasteiger partial charge in [-0.3, -0.25) is 14.5 Å². The van der Waals surface area contributed by atoms with Crippen LogP contribution in [0.15, 0.2) is 41.8 Å². The average molecular weight is 318 g/mol. The van der Waals surface area contributed by atoms with Crippen molar-refractivity contribution in [1.29, 1.82) is 0 Å². The Labute approximate surface area is 131 Å². The maximum atomic E-state index is 13.1. The van der Waals surface area contributed by atoms with Crippen LogP contribution in [0.25, 0.3) is 0 Å². The minimum Gasteiger partial charge on any atom is -0.324 e. The molecule has 2 aromatic rings. The number of thiophene rings is 1. The van der Waals surface area contributed by atoms with Gasteiger partial charge in [-0.25, -0.2) is 4.39 Å². The molecule has 2 heterocycles. The Morgan fingerprint density at radius 3 is 2.64 bits per heavy atom. The first-order valence-corrected chi connectivity index (χ1v) is 7.92. The van der Waals surface area contributed by atoms with Gasteiger partial charge in [0.1, 0.15) is 12.5 Å². The molecule has 1 aromatic heterocycles. The molecule has 1 aromatic carbocycles. The first-order valence-electron chi connectivity index (χ1n) is 7.04. The topological polar surface area (TPSA) is 40.6 Å². The molecule has 1 aliphatic heterocycles. The molecule has 0 atom stereocenters. The molecule has 0 radical (unpaired) electrons. The van der Waals surface area contributed by atoms with Crippen LogP contribution in [0, 0.1) is 5.82 Å². The monoisotopic (exact) mass is 318 g/mol. The first-order chi connectivity index (χ1) is 10.6. The van der Waals surface area contributed by atoms with Gasteiger partial charge in [-0.2, -0.15) is 0 Å². The van der Waals surface area contributed by atoms with Gasteiger partial charge in [0.15, 0.2) is 0 Å². The van der Waals surface area contributed by atoms with E-state index in [4.69, 9.17) is 0 Å². The second-order valence-corrected chi connectivity index (χ2v) is 6.04. The number of likely N-dealkylation sites (tertiary alicyclic amines) is 1. The van der Waals surface area contributed by atoms with Crippen molar-refractivity contribution >= 4 is 28.8 Å². The van der Waals surface area contributed by atoms with Crippen molar-refractivity contribution in [2.45, 2.75) is 12.8 Å². The second kappa shape index (κ2) is 6.27. The summed E-state index contributed by atoms with van der Waals surface area (Å²) in [6.45, 7) is 0.843. The van der Waals surface area contributed by atoms with Crippen molar-refractivity contribution in [2.75, 3.05) is 18.1 Å². The summed E-state index contributed by atoms with van der Waals surface area (Å²) in [4.78, 5) is 28.3. The van der Waals surface area contributed by atoms with E-state index in [1.165, 1.54) is 28.4 Å². The molecular weight excluding hydrogens is 303 g/mol. The van der Waals surface area contributed by atoms with E-state index in [0.29, 0.717) is 23.5 Å². The Bertz CT molecular complexity index is 670. The number of rotatable bonds is 4. The molecular formula is C16H15FN2O2S. The third kappa shape index (κ3) is 3.01. The van der Waals surface area contributed by atoms with Gasteiger partial charge in [0.05, 0.1) is 4.88 Å². The number of carbonyl (C=O) groups excluding carboxylic acids is 2. The van der Waals surface area contributed by atoms with E-state index >= 15 is 0 Å². The molecule has 6 heteroatoms. The lowest BCUT2D eigenvalue weighted by atomic mass is 10.2. The van der Waals surface area contributed by atoms with Crippen LogP contribution in [-0.4, -0.2) is 29.9 Å². The summed E-state index contributed by atoms with van der Waals surface area (Å²) in [6.07, 6.45) is 1.33. The Balaban J connectivity index is 1.89. The van der Waals surface area contributed by atoms with Crippen molar-refractivity contribution in [3.8, 4) is 0 Å². The SMILES string of the molecule is O=C1CCCN1CN(C(=O)c1cccs1)c1ccc(F)cc1. The summed E-state index contributed by atoms with van der Waals surface area (Å²) in [5.74, 6) is -0.489. The van der Waals surface area contributed by atoms with Gasteiger partial charge in [-0.05, 0) is 42.1 Å². The fourth-order valence-corrected chi connectivity index (χ4v) is 3.11. The van der Waals surface area contributed by atoms with Crippen molar-refractivity contribution in [3.05, 3.63) is 52.5 Å². The highest BCUT2D eigenvalue weighted by Gasteiger charge is 2.26. The van der Waals surface area contributed by atoms with E-state index in [0.717, 1.165) is 6.42 Å². The summed E-state index contributed by atoms with van der Waals surface area (Å²) in [5.41, 5.74) is 0.583. The zero-order chi connectivity index (χ0) is 15.5. The molecule has 1 fully saturated rings. The van der Waals surface area contributed by atoms with Gasteiger partial charge in [0.25, 0.3) is 5.91 Å². The van der Waals surface area contributed by atoms with Crippen molar-refractivity contribution in [1.82, 2.24) is 4.90 Å². The lowest BCUT2D eigenvalue weighted by molar-refractivity contribution is -0.127. The standard InChI is InChI=1S/C16H15FN2O2S/c17-12-5-7-13(8-6-12)19(11-18-9-1-4-15(18)20)16(21)14-3-2-10-22-14/h2-3,5-8,10H,1,4,9,11H2. The van der Waals surface area contributed by atoms with E-state index in [9.17, 15) is 14.0 Å². The summed E-state index contributed by atoms with van der Waals surface area (Å²) < 4.78 is 13.1. The molecule has 0 spiro atoms. The van der Waals surface area contributed by atoms with E-state index in [1.54, 1.807) is 23.1 Å². The number of nitrogens with zero attached hydrogens (tertiary/aromatic N) is 2. The fraction of sp³-hybridized carbons (Fsp3) is 0.250. The molecule has 2 amide bonds. The smallest absolute Gasteiger partial charge is 0.269 e. The number of hydrogen-bond acceptors (Lipinski definition) is 3. The summed E-state index contributed by atoms with van der Waals surface area (Å²) >= 11 is 1.35. The molecule has 1 saturated heterocycles. The van der Waals surface area contributed by atoms with Crippen molar-refractivity contribution < 1.29 is 14.0 Å². The molecule has 0 N–H and O–H groups in total. The van der Waals surface area contributed by atoms with Crippen LogP contribution in [0.1, 0.15) is 22.5 Å². The molecule has 1 aliphatic rings.